The number of benzene rings is 1. The van der Waals surface area contributed by atoms with Gasteiger partial charge in [0.05, 0.1) is 10.0 Å². The van der Waals surface area contributed by atoms with E-state index in [2.05, 4.69) is 0 Å². The summed E-state index contributed by atoms with van der Waals surface area (Å²) in [6.45, 7) is 0. The van der Waals surface area contributed by atoms with Gasteiger partial charge in [0.2, 0.25) is 0 Å². The summed E-state index contributed by atoms with van der Waals surface area (Å²) in [4.78, 5) is 0. The minimum Gasteiger partial charge on any atom is -0.324 e. The third-order valence-corrected chi connectivity index (χ3v) is 4.72. The largest absolute Gasteiger partial charge is 0.324 e. The molecule has 1 aliphatic carbocycles. The molecule has 0 unspecified atom stereocenters. The monoisotopic (exact) mass is 327 g/mol. The lowest BCUT2D eigenvalue weighted by Crippen LogP contribution is -2.24. The van der Waals surface area contributed by atoms with E-state index in [0.717, 1.165) is 18.4 Å². The lowest BCUT2D eigenvalue weighted by molar-refractivity contribution is 0.308. The van der Waals surface area contributed by atoms with E-state index < -0.39 is 0 Å². The van der Waals surface area contributed by atoms with Crippen LogP contribution in [-0.4, -0.2) is 0 Å². The highest BCUT2D eigenvalue weighted by molar-refractivity contribution is 6.44. The zero-order valence-electron chi connectivity index (χ0n) is 9.96. The van der Waals surface area contributed by atoms with Gasteiger partial charge in [0.15, 0.2) is 0 Å². The van der Waals surface area contributed by atoms with Crippen LogP contribution in [0.25, 0.3) is 0 Å². The smallest absolute Gasteiger partial charge is 0.0655 e. The van der Waals surface area contributed by atoms with Crippen molar-refractivity contribution in [2.45, 2.75) is 38.1 Å². The van der Waals surface area contributed by atoms with Crippen molar-refractivity contribution in [3.05, 3.63) is 32.8 Å². The van der Waals surface area contributed by atoms with E-state index in [9.17, 15) is 0 Å². The molecule has 1 aromatic carbocycles. The van der Waals surface area contributed by atoms with E-state index in [1.807, 2.05) is 0 Å². The van der Waals surface area contributed by atoms with Crippen molar-refractivity contribution in [1.29, 1.82) is 0 Å². The predicted molar refractivity (Wildman–Crippen MR) is 82.2 cm³/mol. The first-order valence-electron chi connectivity index (χ1n) is 6.00. The average molecular weight is 329 g/mol. The molecule has 1 atom stereocenters. The second-order valence-corrected chi connectivity index (χ2v) is 5.87. The van der Waals surface area contributed by atoms with Gasteiger partial charge in [-0.3, -0.25) is 0 Å². The van der Waals surface area contributed by atoms with Gasteiger partial charge in [-0.1, -0.05) is 54.1 Å². The number of halogens is 4. The Morgan fingerprint density at radius 3 is 2.17 bits per heavy atom. The Kier molecular flexibility index (Phi) is 6.57. The van der Waals surface area contributed by atoms with Gasteiger partial charge >= 0.3 is 0 Å². The Morgan fingerprint density at radius 2 is 1.56 bits per heavy atom. The highest BCUT2D eigenvalue weighted by Gasteiger charge is 2.26. The van der Waals surface area contributed by atoms with Crippen molar-refractivity contribution in [2.24, 2.45) is 11.7 Å². The van der Waals surface area contributed by atoms with Crippen LogP contribution in [0.5, 0.6) is 0 Å². The summed E-state index contributed by atoms with van der Waals surface area (Å²) in [7, 11) is 0. The Balaban J connectivity index is 0.00000162. The van der Waals surface area contributed by atoms with E-state index in [1.54, 1.807) is 12.1 Å². The summed E-state index contributed by atoms with van der Waals surface area (Å²) in [6.07, 6.45) is 6.10. The van der Waals surface area contributed by atoms with E-state index in [1.165, 1.54) is 19.3 Å². The van der Waals surface area contributed by atoms with E-state index >= 15 is 0 Å². The molecule has 1 nitrogen and oxygen atoms in total. The molecule has 5 heteroatoms. The molecular weight excluding hydrogens is 312 g/mol. The average Bonchev–Trinajstić information content (AvgIpc) is 2.35. The predicted octanol–water partition coefficient (Wildman–Crippen LogP) is 5.65. The van der Waals surface area contributed by atoms with Crippen molar-refractivity contribution >= 4 is 47.2 Å². The molecular formula is C13H17Cl4N. The summed E-state index contributed by atoms with van der Waals surface area (Å²) in [5.41, 5.74) is 7.13. The van der Waals surface area contributed by atoms with Crippen LogP contribution < -0.4 is 5.73 Å². The molecule has 0 aliphatic heterocycles. The van der Waals surface area contributed by atoms with Crippen molar-refractivity contribution < 1.29 is 0 Å². The number of hydrogen-bond acceptors (Lipinski definition) is 1. The second kappa shape index (κ2) is 7.21. The summed E-state index contributed by atoms with van der Waals surface area (Å²) in [5.74, 6) is 0.470. The fourth-order valence-corrected chi connectivity index (χ4v) is 3.36. The molecule has 0 bridgehead atoms. The van der Waals surface area contributed by atoms with Gasteiger partial charge in [-0.05, 0) is 30.9 Å². The van der Waals surface area contributed by atoms with Crippen LogP contribution in [0.4, 0.5) is 0 Å². The molecule has 1 aromatic rings. The Hall–Kier alpha value is 0.340. The number of nitrogens with two attached hydrogens (primary N) is 1. The molecule has 0 spiro atoms. The molecule has 1 aliphatic rings. The fourth-order valence-electron chi connectivity index (χ4n) is 2.58. The molecule has 0 amide bonds. The summed E-state index contributed by atoms with van der Waals surface area (Å²) in [6, 6.07) is 3.38. The van der Waals surface area contributed by atoms with Gasteiger partial charge in [-0.25, -0.2) is 0 Å². The van der Waals surface area contributed by atoms with Crippen LogP contribution >= 0.6 is 47.2 Å². The van der Waals surface area contributed by atoms with Crippen molar-refractivity contribution in [3.8, 4) is 0 Å². The van der Waals surface area contributed by atoms with Gasteiger partial charge in [0.25, 0.3) is 0 Å². The molecule has 1 saturated carbocycles. The summed E-state index contributed by atoms with van der Waals surface area (Å²) >= 11 is 18.4. The van der Waals surface area contributed by atoms with Crippen LogP contribution in [0, 0.1) is 5.92 Å². The quantitative estimate of drug-likeness (QED) is 0.697. The Morgan fingerprint density at radius 1 is 1.00 bits per heavy atom. The minimum atomic E-state index is -0.103. The third kappa shape index (κ3) is 3.46. The highest BCUT2D eigenvalue weighted by Crippen LogP contribution is 2.41. The molecule has 102 valence electrons. The first-order chi connectivity index (χ1) is 8.11. The van der Waals surface area contributed by atoms with Gasteiger partial charge in [0.1, 0.15) is 0 Å². The van der Waals surface area contributed by atoms with Crippen LogP contribution in [0.2, 0.25) is 15.1 Å². The maximum atomic E-state index is 6.31. The first kappa shape index (κ1) is 16.4. The maximum absolute atomic E-state index is 6.31. The standard InChI is InChI=1S/C13H16Cl3N.ClH/c14-9-6-7-10(15)12(16)11(9)13(17)8-4-2-1-3-5-8;/h6-8,13H,1-5,17H2;1H/t13-;/m1./s1. The van der Waals surface area contributed by atoms with Crippen molar-refractivity contribution in [2.75, 3.05) is 0 Å². The van der Waals surface area contributed by atoms with E-state index in [4.69, 9.17) is 40.5 Å². The Bertz CT molecular complexity index is 402. The molecule has 1 fully saturated rings. The van der Waals surface area contributed by atoms with E-state index in [0.29, 0.717) is 21.0 Å². The molecule has 0 radical (unpaired) electrons. The molecule has 2 N–H and O–H groups in total. The zero-order valence-corrected chi connectivity index (χ0v) is 13.0. The van der Waals surface area contributed by atoms with Gasteiger partial charge in [0, 0.05) is 16.6 Å². The van der Waals surface area contributed by atoms with Crippen molar-refractivity contribution in [1.82, 2.24) is 0 Å². The third-order valence-electron chi connectivity index (χ3n) is 3.57. The molecule has 0 saturated heterocycles. The highest BCUT2D eigenvalue weighted by atomic mass is 35.5. The lowest BCUT2D eigenvalue weighted by atomic mass is 9.81. The SMILES string of the molecule is Cl.N[C@@H](c1c(Cl)ccc(Cl)c1Cl)C1CCCCC1. The van der Waals surface area contributed by atoms with Crippen LogP contribution in [0.15, 0.2) is 12.1 Å². The zero-order chi connectivity index (χ0) is 12.4. The fraction of sp³-hybridized carbons (Fsp3) is 0.538. The normalized spacial score (nSPS) is 18.2. The number of rotatable bonds is 2. The minimum absolute atomic E-state index is 0. The Labute approximate surface area is 129 Å². The molecule has 0 heterocycles. The molecule has 18 heavy (non-hydrogen) atoms. The van der Waals surface area contributed by atoms with Crippen molar-refractivity contribution in [3.63, 3.8) is 0 Å². The van der Waals surface area contributed by atoms with E-state index in [-0.39, 0.29) is 18.4 Å². The molecule has 0 aromatic heterocycles. The topological polar surface area (TPSA) is 26.0 Å². The van der Waals surface area contributed by atoms with Gasteiger partial charge in [-0.2, -0.15) is 0 Å². The lowest BCUT2D eigenvalue weighted by Gasteiger charge is -2.29. The van der Waals surface area contributed by atoms with Gasteiger partial charge < -0.3 is 5.73 Å². The molecule has 2 rings (SSSR count). The summed E-state index contributed by atoms with van der Waals surface area (Å²) in [5, 5.41) is 1.66. The first-order valence-corrected chi connectivity index (χ1v) is 7.13. The summed E-state index contributed by atoms with van der Waals surface area (Å²) < 4.78 is 0. The van der Waals surface area contributed by atoms with Crippen LogP contribution in [0.3, 0.4) is 0 Å². The second-order valence-electron chi connectivity index (χ2n) is 4.68. The number of hydrogen-bond donors (Lipinski definition) is 1. The van der Waals surface area contributed by atoms with Gasteiger partial charge in [-0.15, -0.1) is 12.4 Å². The van der Waals surface area contributed by atoms with Crippen LogP contribution in [-0.2, 0) is 0 Å². The maximum Gasteiger partial charge on any atom is 0.0655 e. The van der Waals surface area contributed by atoms with Crippen LogP contribution in [0.1, 0.15) is 43.7 Å².